The largest absolute Gasteiger partial charge is 0.457 e. The van der Waals surface area contributed by atoms with Gasteiger partial charge in [0.1, 0.15) is 0 Å². The van der Waals surface area contributed by atoms with Gasteiger partial charge < -0.3 is 0 Å². The molecule has 0 spiro atoms. The molecule has 30 heavy (non-hydrogen) atoms. The fourth-order valence-electron chi connectivity index (χ4n) is 2.76. The number of benzene rings is 2. The van der Waals surface area contributed by atoms with E-state index >= 15 is 4.39 Å². The highest BCUT2D eigenvalue weighted by molar-refractivity contribution is 14.1. The first-order valence-electron chi connectivity index (χ1n) is 8.07. The third-order valence-corrected chi connectivity index (χ3v) is 5.12. The van der Waals surface area contributed by atoms with Crippen molar-refractivity contribution in [3.05, 3.63) is 56.7 Å². The van der Waals surface area contributed by atoms with E-state index in [0.717, 1.165) is 24.3 Å². The Morgan fingerprint density at radius 1 is 0.933 bits per heavy atom. The second kappa shape index (κ2) is 7.94. The van der Waals surface area contributed by atoms with Crippen LogP contribution in [0.3, 0.4) is 0 Å². The Morgan fingerprint density at radius 2 is 1.47 bits per heavy atom. The Kier molecular flexibility index (Phi) is 6.43. The molecule has 0 bridgehead atoms. The Labute approximate surface area is 178 Å². The van der Waals surface area contributed by atoms with Crippen molar-refractivity contribution in [2.45, 2.75) is 37.3 Å². The molecule has 1 atom stereocenters. The van der Waals surface area contributed by atoms with Gasteiger partial charge in [0.25, 0.3) is 0 Å². The minimum Gasteiger partial charge on any atom is -0.221 e. The zero-order valence-electron chi connectivity index (χ0n) is 14.8. The lowest BCUT2D eigenvalue weighted by atomic mass is 9.81. The SMILES string of the molecule is CCc1[c]c(I)c(-c2ccc(C#N)cc2)c(C(F)(C(F)(F)F)C(F)(F)C(F)(F)F)c1. The standard InChI is InChI=1S/C19H10F9IN/c1-2-10-7-13(16(20,18(23,24)25)17(21,22)19(26,27)28)15(14(29)8-10)12-5-3-11(9-30)4-6-12/h3-7H,2H2,1H3. The lowest BCUT2D eigenvalue weighted by molar-refractivity contribution is -0.389. The van der Waals surface area contributed by atoms with E-state index < -0.39 is 35.1 Å². The van der Waals surface area contributed by atoms with Crippen molar-refractivity contribution in [3.8, 4) is 17.2 Å². The molecule has 0 N–H and O–H groups in total. The smallest absolute Gasteiger partial charge is 0.221 e. The molecule has 0 aliphatic rings. The van der Waals surface area contributed by atoms with Crippen molar-refractivity contribution in [2.24, 2.45) is 0 Å². The molecule has 0 saturated heterocycles. The summed E-state index contributed by atoms with van der Waals surface area (Å²) in [5, 5.41) is 8.82. The average Bonchev–Trinajstić information content (AvgIpc) is 2.64. The molecule has 0 saturated carbocycles. The van der Waals surface area contributed by atoms with Crippen molar-refractivity contribution in [1.29, 1.82) is 5.26 Å². The number of halogens is 10. The maximum atomic E-state index is 15.2. The zero-order chi connectivity index (χ0) is 23.1. The van der Waals surface area contributed by atoms with Gasteiger partial charge in [0.15, 0.2) is 0 Å². The van der Waals surface area contributed by atoms with Gasteiger partial charge in [-0.3, -0.25) is 0 Å². The second-order valence-corrected chi connectivity index (χ2v) is 7.25. The lowest BCUT2D eigenvalue weighted by Crippen LogP contribution is -2.60. The fourth-order valence-corrected chi connectivity index (χ4v) is 3.70. The van der Waals surface area contributed by atoms with Gasteiger partial charge in [0, 0.05) is 20.8 Å². The van der Waals surface area contributed by atoms with E-state index in [-0.39, 0.29) is 26.7 Å². The zero-order valence-corrected chi connectivity index (χ0v) is 17.0. The summed E-state index contributed by atoms with van der Waals surface area (Å²) in [7, 11) is 0. The van der Waals surface area contributed by atoms with Crippen LogP contribution in [-0.2, 0) is 12.1 Å². The Balaban J connectivity index is 3.01. The van der Waals surface area contributed by atoms with Crippen LogP contribution in [0.5, 0.6) is 0 Å². The van der Waals surface area contributed by atoms with E-state index in [2.05, 4.69) is 6.07 Å². The van der Waals surface area contributed by atoms with E-state index in [1.807, 2.05) is 0 Å². The summed E-state index contributed by atoms with van der Waals surface area (Å²) in [4.78, 5) is 0. The first-order valence-corrected chi connectivity index (χ1v) is 9.15. The molecule has 0 aliphatic carbocycles. The molecule has 2 aromatic carbocycles. The molecular weight excluding hydrogens is 540 g/mol. The van der Waals surface area contributed by atoms with Gasteiger partial charge in [-0.05, 0) is 52.3 Å². The van der Waals surface area contributed by atoms with Crippen LogP contribution in [0, 0.1) is 21.0 Å². The maximum Gasteiger partial charge on any atom is 0.457 e. The summed E-state index contributed by atoms with van der Waals surface area (Å²) in [6.45, 7) is 1.39. The van der Waals surface area contributed by atoms with Gasteiger partial charge >= 0.3 is 23.9 Å². The summed E-state index contributed by atoms with van der Waals surface area (Å²) in [6.07, 6.45) is -13.5. The number of aryl methyl sites for hydroxylation is 1. The van der Waals surface area contributed by atoms with Crippen molar-refractivity contribution < 1.29 is 39.5 Å². The lowest BCUT2D eigenvalue weighted by Gasteiger charge is -2.37. The number of nitriles is 1. The molecule has 1 radical (unpaired) electrons. The fraction of sp³-hybridized carbons (Fsp3) is 0.316. The van der Waals surface area contributed by atoms with Gasteiger partial charge in [-0.15, -0.1) is 0 Å². The highest BCUT2D eigenvalue weighted by atomic mass is 127. The van der Waals surface area contributed by atoms with Gasteiger partial charge in [0.2, 0.25) is 0 Å². The van der Waals surface area contributed by atoms with E-state index in [4.69, 9.17) is 5.26 Å². The van der Waals surface area contributed by atoms with Crippen LogP contribution < -0.4 is 0 Å². The first-order chi connectivity index (χ1) is 13.6. The van der Waals surface area contributed by atoms with Crippen LogP contribution in [-0.4, -0.2) is 18.3 Å². The van der Waals surface area contributed by atoms with Crippen molar-refractivity contribution in [2.75, 3.05) is 0 Å². The van der Waals surface area contributed by atoms with E-state index in [0.29, 0.717) is 6.07 Å². The van der Waals surface area contributed by atoms with Crippen molar-refractivity contribution >= 4 is 22.6 Å². The van der Waals surface area contributed by atoms with Gasteiger partial charge in [-0.2, -0.15) is 40.4 Å². The third-order valence-electron chi connectivity index (χ3n) is 4.31. The quantitative estimate of drug-likeness (QED) is 0.294. The molecule has 0 fully saturated rings. The Bertz CT molecular complexity index is 972. The van der Waals surface area contributed by atoms with Crippen LogP contribution in [0.1, 0.15) is 23.6 Å². The van der Waals surface area contributed by atoms with Gasteiger partial charge in [0.05, 0.1) is 11.6 Å². The Hall–Kier alpha value is -1.97. The summed E-state index contributed by atoms with van der Waals surface area (Å²) in [5.74, 6) is -6.78. The molecule has 0 amide bonds. The molecule has 0 heterocycles. The summed E-state index contributed by atoms with van der Waals surface area (Å²) < 4.78 is 123. The molecule has 0 aliphatic heterocycles. The summed E-state index contributed by atoms with van der Waals surface area (Å²) in [6, 6.07) is 8.89. The minimum absolute atomic E-state index is 0.0485. The van der Waals surface area contributed by atoms with E-state index in [1.54, 1.807) is 6.07 Å². The predicted molar refractivity (Wildman–Crippen MR) is 97.4 cm³/mol. The molecule has 1 unspecified atom stereocenters. The van der Waals surface area contributed by atoms with E-state index in [1.165, 1.54) is 29.5 Å². The molecule has 2 aromatic rings. The number of alkyl halides is 9. The van der Waals surface area contributed by atoms with Crippen LogP contribution in [0.15, 0.2) is 30.3 Å². The summed E-state index contributed by atoms with van der Waals surface area (Å²) in [5.41, 5.74) is -9.18. The van der Waals surface area contributed by atoms with Crippen LogP contribution in [0.2, 0.25) is 0 Å². The molecular formula is C19H10F9IN. The van der Waals surface area contributed by atoms with Crippen LogP contribution in [0.25, 0.3) is 11.1 Å². The predicted octanol–water partition coefficient (Wildman–Crippen LogP) is 7.12. The molecule has 161 valence electrons. The van der Waals surface area contributed by atoms with Crippen molar-refractivity contribution in [3.63, 3.8) is 0 Å². The monoisotopic (exact) mass is 550 g/mol. The van der Waals surface area contributed by atoms with Crippen LogP contribution >= 0.6 is 22.6 Å². The normalized spacial score (nSPS) is 14.9. The molecule has 1 nitrogen and oxygen atoms in total. The minimum atomic E-state index is -6.82. The van der Waals surface area contributed by atoms with Gasteiger partial charge in [-0.1, -0.05) is 25.1 Å². The third kappa shape index (κ3) is 3.86. The number of nitrogens with zero attached hydrogens (tertiary/aromatic N) is 1. The van der Waals surface area contributed by atoms with Crippen molar-refractivity contribution in [1.82, 2.24) is 0 Å². The highest BCUT2D eigenvalue weighted by Gasteiger charge is 2.82. The molecule has 11 heteroatoms. The Morgan fingerprint density at radius 3 is 1.87 bits per heavy atom. The molecule has 0 aromatic heterocycles. The summed E-state index contributed by atoms with van der Waals surface area (Å²) >= 11 is 1.39. The number of hydrogen-bond acceptors (Lipinski definition) is 1. The first kappa shape index (κ1) is 24.3. The average molecular weight is 550 g/mol. The van der Waals surface area contributed by atoms with E-state index in [9.17, 15) is 35.1 Å². The molecule has 2 rings (SSSR count). The van der Waals surface area contributed by atoms with Gasteiger partial charge in [-0.25, -0.2) is 4.39 Å². The second-order valence-electron chi connectivity index (χ2n) is 6.17. The number of rotatable bonds is 4. The number of hydrogen-bond donors (Lipinski definition) is 0. The van der Waals surface area contributed by atoms with Crippen LogP contribution in [0.4, 0.5) is 39.5 Å². The topological polar surface area (TPSA) is 23.8 Å². The maximum absolute atomic E-state index is 15.2. The highest BCUT2D eigenvalue weighted by Crippen LogP contribution is 2.60.